The summed E-state index contributed by atoms with van der Waals surface area (Å²) in [6.07, 6.45) is 1.08. The van der Waals surface area contributed by atoms with Crippen molar-refractivity contribution in [1.82, 2.24) is 0 Å². The molecule has 8 heteroatoms. The zero-order valence-corrected chi connectivity index (χ0v) is 12.9. The predicted octanol–water partition coefficient (Wildman–Crippen LogP) is 3.91. The third-order valence-electron chi connectivity index (χ3n) is 3.29. The first-order valence-electron chi connectivity index (χ1n) is 6.25. The second-order valence-electron chi connectivity index (χ2n) is 4.69. The number of sulfone groups is 1. The summed E-state index contributed by atoms with van der Waals surface area (Å²) in [6, 6.07) is 8.30. The van der Waals surface area contributed by atoms with Crippen LogP contribution in [0.2, 0.25) is 5.02 Å². The lowest BCUT2D eigenvalue weighted by Crippen LogP contribution is -2.21. The molecule has 116 valence electrons. The molecule has 0 bridgehead atoms. The first-order valence-corrected chi connectivity index (χ1v) is 8.11. The molecule has 0 aliphatic carbocycles. The van der Waals surface area contributed by atoms with E-state index in [0.29, 0.717) is 0 Å². The number of benzene rings is 2. The maximum absolute atomic E-state index is 13.5. The minimum absolute atomic E-state index is 0.0214. The van der Waals surface area contributed by atoms with E-state index in [-0.39, 0.29) is 21.3 Å². The number of nitrogens with zero attached hydrogens (tertiary/aromatic N) is 2. The standard InChI is InChI=1S/C15H7ClF2N2O2S/c16-12-5-9(17)1-3-13(12)20-8-11(7-19)23(21,22)15-6-10(18)2-4-14(15)20/h1-6,8H. The van der Waals surface area contributed by atoms with E-state index in [4.69, 9.17) is 16.9 Å². The van der Waals surface area contributed by atoms with Gasteiger partial charge in [0.1, 0.15) is 17.7 Å². The average Bonchev–Trinajstić information content (AvgIpc) is 2.49. The van der Waals surface area contributed by atoms with Gasteiger partial charge in [0.2, 0.25) is 9.84 Å². The average molecular weight is 353 g/mol. The summed E-state index contributed by atoms with van der Waals surface area (Å²) in [7, 11) is -4.12. The van der Waals surface area contributed by atoms with E-state index in [0.717, 1.165) is 30.5 Å². The molecule has 0 radical (unpaired) electrons. The molecule has 0 saturated heterocycles. The normalized spacial score (nSPS) is 15.6. The lowest BCUT2D eigenvalue weighted by atomic mass is 10.2. The minimum atomic E-state index is -4.12. The van der Waals surface area contributed by atoms with Crippen molar-refractivity contribution < 1.29 is 17.2 Å². The topological polar surface area (TPSA) is 61.2 Å². The number of anilines is 2. The number of rotatable bonds is 1. The molecule has 1 aliphatic heterocycles. The molecule has 0 atom stereocenters. The van der Waals surface area contributed by atoms with E-state index in [2.05, 4.69) is 0 Å². The molecule has 0 amide bonds. The quantitative estimate of drug-likeness (QED) is 0.780. The first kappa shape index (κ1) is 15.5. The van der Waals surface area contributed by atoms with Crippen LogP contribution in [-0.4, -0.2) is 8.42 Å². The fourth-order valence-corrected chi connectivity index (χ4v) is 3.81. The summed E-state index contributed by atoms with van der Waals surface area (Å²) >= 11 is 6.01. The molecule has 23 heavy (non-hydrogen) atoms. The van der Waals surface area contributed by atoms with Crippen molar-refractivity contribution >= 4 is 32.8 Å². The molecular weight excluding hydrogens is 346 g/mol. The van der Waals surface area contributed by atoms with Crippen LogP contribution in [0.4, 0.5) is 20.2 Å². The van der Waals surface area contributed by atoms with E-state index in [1.54, 1.807) is 6.07 Å². The van der Waals surface area contributed by atoms with Gasteiger partial charge in [-0.05, 0) is 36.4 Å². The van der Waals surface area contributed by atoms with Crippen molar-refractivity contribution in [2.24, 2.45) is 0 Å². The Morgan fingerprint density at radius 1 is 1.04 bits per heavy atom. The van der Waals surface area contributed by atoms with Gasteiger partial charge in [0, 0.05) is 6.20 Å². The van der Waals surface area contributed by atoms with E-state index in [1.165, 1.54) is 17.0 Å². The van der Waals surface area contributed by atoms with Gasteiger partial charge in [0.05, 0.1) is 21.3 Å². The van der Waals surface area contributed by atoms with Gasteiger partial charge < -0.3 is 4.90 Å². The Bertz CT molecular complexity index is 997. The van der Waals surface area contributed by atoms with E-state index >= 15 is 0 Å². The van der Waals surface area contributed by atoms with E-state index < -0.39 is 26.4 Å². The smallest absolute Gasteiger partial charge is 0.220 e. The second-order valence-corrected chi connectivity index (χ2v) is 6.98. The van der Waals surface area contributed by atoms with Crippen LogP contribution in [-0.2, 0) is 9.84 Å². The number of halogens is 3. The maximum Gasteiger partial charge on any atom is 0.220 e. The lowest BCUT2D eigenvalue weighted by molar-refractivity contribution is 0.596. The number of hydrogen-bond donors (Lipinski definition) is 0. The van der Waals surface area contributed by atoms with Crippen molar-refractivity contribution in [3.05, 3.63) is 64.2 Å². The molecule has 1 heterocycles. The van der Waals surface area contributed by atoms with Gasteiger partial charge in [-0.15, -0.1) is 0 Å². The summed E-state index contributed by atoms with van der Waals surface area (Å²) in [5.74, 6) is -1.32. The van der Waals surface area contributed by atoms with Crippen LogP contribution in [0.15, 0.2) is 52.4 Å². The second kappa shape index (κ2) is 5.33. The van der Waals surface area contributed by atoms with Gasteiger partial charge in [0.25, 0.3) is 0 Å². The van der Waals surface area contributed by atoms with Crippen LogP contribution in [0, 0.1) is 23.0 Å². The predicted molar refractivity (Wildman–Crippen MR) is 80.8 cm³/mol. The highest BCUT2D eigenvalue weighted by atomic mass is 35.5. The lowest BCUT2D eigenvalue weighted by Gasteiger charge is -2.28. The summed E-state index contributed by atoms with van der Waals surface area (Å²) in [5.41, 5.74) is 0.391. The monoisotopic (exact) mass is 352 g/mol. The largest absolute Gasteiger partial charge is 0.312 e. The van der Waals surface area contributed by atoms with Crippen LogP contribution in [0.3, 0.4) is 0 Å². The van der Waals surface area contributed by atoms with Gasteiger partial charge in [-0.1, -0.05) is 11.6 Å². The molecule has 0 spiro atoms. The van der Waals surface area contributed by atoms with Crippen LogP contribution >= 0.6 is 11.6 Å². The fraction of sp³-hybridized carbons (Fsp3) is 0. The van der Waals surface area contributed by atoms with Crippen molar-refractivity contribution in [2.45, 2.75) is 4.90 Å². The molecule has 1 aliphatic rings. The van der Waals surface area contributed by atoms with Gasteiger partial charge in [0.15, 0.2) is 4.91 Å². The van der Waals surface area contributed by atoms with Crippen molar-refractivity contribution in [3.63, 3.8) is 0 Å². The van der Waals surface area contributed by atoms with Crippen molar-refractivity contribution in [1.29, 1.82) is 5.26 Å². The van der Waals surface area contributed by atoms with Crippen molar-refractivity contribution in [2.75, 3.05) is 4.90 Å². The van der Waals surface area contributed by atoms with E-state index in [1.807, 2.05) is 0 Å². The van der Waals surface area contributed by atoms with Gasteiger partial charge in [-0.3, -0.25) is 0 Å². The van der Waals surface area contributed by atoms with Crippen LogP contribution in [0.25, 0.3) is 0 Å². The Balaban J connectivity index is 2.32. The summed E-state index contributed by atoms with van der Waals surface area (Å²) < 4.78 is 51.3. The van der Waals surface area contributed by atoms with Crippen LogP contribution in [0.1, 0.15) is 0 Å². The van der Waals surface area contributed by atoms with Crippen LogP contribution in [0.5, 0.6) is 0 Å². The van der Waals surface area contributed by atoms with Gasteiger partial charge in [-0.25, -0.2) is 17.2 Å². The minimum Gasteiger partial charge on any atom is -0.312 e. The molecule has 0 fully saturated rings. The summed E-state index contributed by atoms with van der Waals surface area (Å²) in [6.45, 7) is 0. The number of nitriles is 1. The number of hydrogen-bond acceptors (Lipinski definition) is 4. The zero-order valence-electron chi connectivity index (χ0n) is 11.3. The third kappa shape index (κ3) is 2.46. The molecule has 2 aromatic carbocycles. The molecule has 0 aromatic heterocycles. The third-order valence-corrected chi connectivity index (χ3v) is 5.27. The molecule has 4 nitrogen and oxygen atoms in total. The SMILES string of the molecule is N#CC1=CN(c2ccc(F)cc2Cl)c2ccc(F)cc2S1(=O)=O. The Labute approximate surface area is 135 Å². The number of allylic oxidation sites excluding steroid dienone is 1. The van der Waals surface area contributed by atoms with Gasteiger partial charge >= 0.3 is 0 Å². The highest BCUT2D eigenvalue weighted by Crippen LogP contribution is 2.41. The Morgan fingerprint density at radius 3 is 2.26 bits per heavy atom. The maximum atomic E-state index is 13.5. The molecule has 3 rings (SSSR count). The molecule has 0 unspecified atom stereocenters. The first-order chi connectivity index (χ1) is 10.8. The summed E-state index contributed by atoms with van der Waals surface area (Å²) in [4.78, 5) is 0.406. The Kier molecular flexibility index (Phi) is 3.59. The highest BCUT2D eigenvalue weighted by molar-refractivity contribution is 7.95. The van der Waals surface area contributed by atoms with E-state index in [9.17, 15) is 17.2 Å². The van der Waals surface area contributed by atoms with Crippen LogP contribution < -0.4 is 4.90 Å². The Hall–Kier alpha value is -2.43. The zero-order chi connectivity index (χ0) is 16.8. The Morgan fingerprint density at radius 2 is 1.65 bits per heavy atom. The van der Waals surface area contributed by atoms with Gasteiger partial charge in [-0.2, -0.15) is 5.26 Å². The molecule has 0 saturated carbocycles. The van der Waals surface area contributed by atoms with Crippen molar-refractivity contribution in [3.8, 4) is 6.07 Å². The molecule has 2 aromatic rings. The summed E-state index contributed by atoms with van der Waals surface area (Å²) in [5, 5.41) is 9.11. The molecular formula is C15H7ClF2N2O2S. The molecule has 0 N–H and O–H groups in total. The number of fused-ring (bicyclic) bond motifs is 1. The highest BCUT2D eigenvalue weighted by Gasteiger charge is 2.33. The fourth-order valence-electron chi connectivity index (χ4n) is 2.24.